The fourth-order valence-corrected chi connectivity index (χ4v) is 3.73. The lowest BCUT2D eigenvalue weighted by atomic mass is 10.2. The molecule has 0 spiro atoms. The van der Waals surface area contributed by atoms with E-state index < -0.39 is 15.9 Å². The molecule has 8 heteroatoms. The monoisotopic (exact) mass is 416 g/mol. The van der Waals surface area contributed by atoms with Gasteiger partial charge in [-0.1, -0.05) is 60.1 Å². The molecule has 0 saturated carbocycles. The van der Waals surface area contributed by atoms with Gasteiger partial charge in [0.1, 0.15) is 0 Å². The maximum absolute atomic E-state index is 12.6. The van der Waals surface area contributed by atoms with Crippen molar-refractivity contribution in [2.45, 2.75) is 11.5 Å². The largest absolute Gasteiger partial charge is 0.278 e. The fourth-order valence-electron chi connectivity index (χ4n) is 2.37. The van der Waals surface area contributed by atoms with Crippen molar-refractivity contribution in [2.75, 3.05) is 4.72 Å². The first-order valence-corrected chi connectivity index (χ1v) is 10.2. The van der Waals surface area contributed by atoms with E-state index in [4.69, 9.17) is 16.4 Å². The Balaban J connectivity index is 1.69. The molecule has 3 aromatic rings. The normalized spacial score (nSPS) is 11.0. The Hall–Kier alpha value is -2.87. The van der Waals surface area contributed by atoms with Gasteiger partial charge in [-0.25, -0.2) is 13.9 Å². The maximum atomic E-state index is 12.6. The van der Waals surface area contributed by atoms with Crippen molar-refractivity contribution in [3.8, 4) is 0 Å². The van der Waals surface area contributed by atoms with Crippen molar-refractivity contribution in [1.29, 1.82) is 0 Å². The third-order valence-electron chi connectivity index (χ3n) is 3.77. The summed E-state index contributed by atoms with van der Waals surface area (Å²) < 4.78 is 27.6. The Morgan fingerprint density at radius 1 is 0.929 bits per heavy atom. The van der Waals surface area contributed by atoms with Crippen LogP contribution in [0.15, 0.2) is 83.8 Å². The number of rotatable bonds is 7. The first kappa shape index (κ1) is 19.9. The third-order valence-corrected chi connectivity index (χ3v) is 5.46. The molecular formula is C20H17ClN2O4S. The van der Waals surface area contributed by atoms with Gasteiger partial charge in [0.25, 0.3) is 15.9 Å². The minimum Gasteiger partial charge on any atom is -0.278 e. The highest BCUT2D eigenvalue weighted by molar-refractivity contribution is 7.92. The van der Waals surface area contributed by atoms with Crippen LogP contribution in [0.25, 0.3) is 0 Å². The number of amides is 1. The van der Waals surface area contributed by atoms with Crippen LogP contribution in [-0.4, -0.2) is 14.3 Å². The van der Waals surface area contributed by atoms with E-state index in [1.54, 1.807) is 24.3 Å². The molecule has 0 fully saturated rings. The summed E-state index contributed by atoms with van der Waals surface area (Å²) >= 11 is 6.00. The molecule has 0 unspecified atom stereocenters. The maximum Gasteiger partial charge on any atom is 0.274 e. The van der Waals surface area contributed by atoms with Crippen LogP contribution in [0.1, 0.15) is 15.9 Å². The minimum absolute atomic E-state index is 0.0665. The number of nitrogens with one attached hydrogen (secondary N) is 2. The number of carbonyl (C=O) groups excluding carboxylic acids is 1. The van der Waals surface area contributed by atoms with Crippen LogP contribution in [0.4, 0.5) is 5.69 Å². The van der Waals surface area contributed by atoms with Crippen LogP contribution in [0.5, 0.6) is 0 Å². The highest BCUT2D eigenvalue weighted by Crippen LogP contribution is 2.24. The first-order valence-electron chi connectivity index (χ1n) is 8.29. The van der Waals surface area contributed by atoms with Crippen LogP contribution < -0.4 is 10.2 Å². The van der Waals surface area contributed by atoms with E-state index in [1.165, 1.54) is 24.3 Å². The standard InChI is InChI=1S/C20H17ClN2O4S/c21-18-11-4-5-12-19(18)23-28(25,26)17-10-6-9-16(13-17)20(24)22-27-14-15-7-2-1-3-8-15/h1-13,23H,14H2,(H,22,24). The number of anilines is 1. The predicted molar refractivity (Wildman–Crippen MR) is 107 cm³/mol. The molecule has 3 rings (SSSR count). The molecule has 28 heavy (non-hydrogen) atoms. The average molecular weight is 417 g/mol. The number of carbonyl (C=O) groups is 1. The van der Waals surface area contributed by atoms with Gasteiger partial charge in [-0.15, -0.1) is 0 Å². The summed E-state index contributed by atoms with van der Waals surface area (Å²) in [6.45, 7) is 0.193. The lowest BCUT2D eigenvalue weighted by Crippen LogP contribution is -2.24. The number of hydrogen-bond donors (Lipinski definition) is 2. The van der Waals surface area contributed by atoms with Crippen molar-refractivity contribution in [2.24, 2.45) is 0 Å². The Bertz CT molecular complexity index is 1070. The van der Waals surface area contributed by atoms with E-state index in [9.17, 15) is 13.2 Å². The summed E-state index contributed by atoms with van der Waals surface area (Å²) in [5.41, 5.74) is 3.60. The van der Waals surface area contributed by atoms with Crippen LogP contribution >= 0.6 is 11.6 Å². The molecular weight excluding hydrogens is 400 g/mol. The van der Waals surface area contributed by atoms with Gasteiger partial charge in [-0.05, 0) is 35.9 Å². The topological polar surface area (TPSA) is 84.5 Å². The number of hydroxylamine groups is 1. The third kappa shape index (κ3) is 5.10. The van der Waals surface area contributed by atoms with E-state index in [1.807, 2.05) is 30.3 Å². The zero-order chi connectivity index (χ0) is 20.0. The van der Waals surface area contributed by atoms with Crippen LogP contribution in [-0.2, 0) is 21.5 Å². The summed E-state index contributed by atoms with van der Waals surface area (Å²) in [6.07, 6.45) is 0. The smallest absolute Gasteiger partial charge is 0.274 e. The first-order chi connectivity index (χ1) is 13.5. The zero-order valence-electron chi connectivity index (χ0n) is 14.6. The second-order valence-corrected chi connectivity index (χ2v) is 7.91. The van der Waals surface area contributed by atoms with Gasteiger partial charge in [-0.2, -0.15) is 0 Å². The summed E-state index contributed by atoms with van der Waals surface area (Å²) in [5, 5.41) is 0.272. The number of para-hydroxylation sites is 1. The molecule has 0 heterocycles. The average Bonchev–Trinajstić information content (AvgIpc) is 2.70. The molecule has 3 aromatic carbocycles. The Kier molecular flexibility index (Phi) is 6.30. The quantitative estimate of drug-likeness (QED) is 0.570. The van der Waals surface area contributed by atoms with Crippen molar-refractivity contribution in [3.05, 3.63) is 95.0 Å². The fraction of sp³-hybridized carbons (Fsp3) is 0.0500. The molecule has 2 N–H and O–H groups in total. The Morgan fingerprint density at radius 2 is 1.64 bits per heavy atom. The summed E-state index contributed by atoms with van der Waals surface area (Å²) in [5.74, 6) is -0.550. The highest BCUT2D eigenvalue weighted by atomic mass is 35.5. The summed E-state index contributed by atoms with van der Waals surface area (Å²) in [4.78, 5) is 17.4. The van der Waals surface area contributed by atoms with Gasteiger partial charge in [-0.3, -0.25) is 14.4 Å². The number of halogens is 1. The van der Waals surface area contributed by atoms with E-state index in [0.717, 1.165) is 5.56 Å². The number of benzene rings is 3. The van der Waals surface area contributed by atoms with Crippen molar-refractivity contribution < 1.29 is 18.0 Å². The van der Waals surface area contributed by atoms with Gasteiger partial charge in [0.2, 0.25) is 0 Å². The molecule has 0 aliphatic heterocycles. The van der Waals surface area contributed by atoms with Crippen molar-refractivity contribution >= 4 is 33.2 Å². The molecule has 1 amide bonds. The number of hydrogen-bond acceptors (Lipinski definition) is 4. The van der Waals surface area contributed by atoms with Crippen molar-refractivity contribution in [3.63, 3.8) is 0 Å². The van der Waals surface area contributed by atoms with E-state index in [0.29, 0.717) is 0 Å². The molecule has 0 saturated heterocycles. The minimum atomic E-state index is -3.91. The van der Waals surface area contributed by atoms with Crippen LogP contribution in [0, 0.1) is 0 Å². The predicted octanol–water partition coefficient (Wildman–Crippen LogP) is 4.00. The zero-order valence-corrected chi connectivity index (χ0v) is 16.2. The molecule has 144 valence electrons. The molecule has 0 radical (unpaired) electrons. The van der Waals surface area contributed by atoms with Gasteiger partial charge in [0, 0.05) is 5.56 Å². The SMILES string of the molecule is O=C(NOCc1ccccc1)c1cccc(S(=O)(=O)Nc2ccccc2Cl)c1. The second kappa shape index (κ2) is 8.88. The summed E-state index contributed by atoms with van der Waals surface area (Å²) in [7, 11) is -3.91. The second-order valence-electron chi connectivity index (χ2n) is 5.82. The lowest BCUT2D eigenvalue weighted by Gasteiger charge is -2.11. The van der Waals surface area contributed by atoms with Gasteiger partial charge in [0.15, 0.2) is 0 Å². The highest BCUT2D eigenvalue weighted by Gasteiger charge is 2.17. The molecule has 0 atom stereocenters. The Labute approximate surface area is 168 Å². The van der Waals surface area contributed by atoms with E-state index in [2.05, 4.69) is 10.2 Å². The van der Waals surface area contributed by atoms with Gasteiger partial charge >= 0.3 is 0 Å². The molecule has 0 aromatic heterocycles. The molecule has 0 aliphatic carbocycles. The van der Waals surface area contributed by atoms with Gasteiger partial charge < -0.3 is 0 Å². The summed E-state index contributed by atoms with van der Waals surface area (Å²) in [6, 6.07) is 21.4. The van der Waals surface area contributed by atoms with Crippen LogP contribution in [0.3, 0.4) is 0 Å². The van der Waals surface area contributed by atoms with E-state index in [-0.39, 0.29) is 27.8 Å². The lowest BCUT2D eigenvalue weighted by molar-refractivity contribution is 0.0233. The number of sulfonamides is 1. The van der Waals surface area contributed by atoms with Gasteiger partial charge in [0.05, 0.1) is 22.2 Å². The van der Waals surface area contributed by atoms with Crippen LogP contribution in [0.2, 0.25) is 5.02 Å². The molecule has 0 bridgehead atoms. The Morgan fingerprint density at radius 3 is 2.39 bits per heavy atom. The molecule has 6 nitrogen and oxygen atoms in total. The van der Waals surface area contributed by atoms with E-state index >= 15 is 0 Å². The molecule has 0 aliphatic rings. The van der Waals surface area contributed by atoms with Crippen molar-refractivity contribution in [1.82, 2.24) is 5.48 Å².